The van der Waals surface area contributed by atoms with Gasteiger partial charge in [0, 0.05) is 0 Å². The van der Waals surface area contributed by atoms with Crippen molar-refractivity contribution in [3.8, 4) is 0 Å². The van der Waals surface area contributed by atoms with E-state index >= 15 is 0 Å². The van der Waals surface area contributed by atoms with Crippen LogP contribution >= 0.6 is 19.8 Å². The monoisotopic (exact) mass is 757 g/mol. The van der Waals surface area contributed by atoms with Crippen LogP contribution in [-0.2, 0) is 0 Å². The number of hydrogen-bond donors (Lipinski definition) is 0. The molecule has 0 nitrogen and oxygen atoms in total. The van der Waals surface area contributed by atoms with Gasteiger partial charge in [0.1, 0.15) is 0 Å². The first-order chi connectivity index (χ1) is 20.9. The molecule has 0 aliphatic rings. The van der Waals surface area contributed by atoms with Gasteiger partial charge in [0.15, 0.2) is 0 Å². The van der Waals surface area contributed by atoms with Crippen molar-refractivity contribution in [2.24, 2.45) is 82.9 Å². The quantitative estimate of drug-likeness (QED) is 0.0699. The summed E-state index contributed by atoms with van der Waals surface area (Å²) < 4.78 is 2.20. The molecule has 0 rings (SSSR count). The van der Waals surface area contributed by atoms with Crippen LogP contribution in [0.3, 0.4) is 0 Å². The molecule has 276 valence electrons. The predicted octanol–water partition coefficient (Wildman–Crippen LogP) is 15.3. The van der Waals surface area contributed by atoms with Gasteiger partial charge in [-0.1, -0.05) is 0 Å². The zero-order chi connectivity index (χ0) is 36.7. The van der Waals surface area contributed by atoms with Crippen LogP contribution in [0.1, 0.15) is 166 Å². The van der Waals surface area contributed by atoms with Crippen molar-refractivity contribution >= 4 is 19.8 Å². The maximum absolute atomic E-state index is 2.59. The summed E-state index contributed by atoms with van der Waals surface area (Å²) in [4.78, 5) is 0. The fourth-order valence-electron chi connectivity index (χ4n) is 10.4. The molecule has 0 heterocycles. The van der Waals surface area contributed by atoms with Gasteiger partial charge in [0.25, 0.3) is 0 Å². The van der Waals surface area contributed by atoms with Crippen LogP contribution in [0.4, 0.5) is 0 Å². The van der Waals surface area contributed by atoms with Crippen molar-refractivity contribution in [3.63, 3.8) is 0 Å². The average Bonchev–Trinajstić information content (AvgIpc) is 2.81. The molecule has 0 radical (unpaired) electrons. The third-order valence-corrected chi connectivity index (χ3v) is 20.8. The van der Waals surface area contributed by atoms with E-state index in [-0.39, 0.29) is 0 Å². The Bertz CT molecular complexity index is 767. The minimum absolute atomic E-state index is 0.561. The molecule has 0 aromatic carbocycles. The van der Waals surface area contributed by atoms with Crippen molar-refractivity contribution in [2.75, 3.05) is 0 Å². The van der Waals surface area contributed by atoms with Gasteiger partial charge >= 0.3 is 303 Å². The van der Waals surface area contributed by atoms with E-state index in [0.29, 0.717) is 63.1 Å². The standard InChI is InChI=1S/C45H89I/c1-25(2)37(26(3)4)43(38(27(5)6)28(7)8)46(44(39(29(9)10)30(11)12)40(31(13)14)32(15)16)45(41(33(17)18)34(19)20)42(35(21)22)36(23)24/h25-33,35,37-40,43-45H,1-24H3. The Balaban J connectivity index is 9.34. The third-order valence-electron chi connectivity index (χ3n) is 11.4. The molecular formula is C45H89I. The second-order valence-corrected chi connectivity index (χ2v) is 25.4. The first kappa shape index (κ1) is 46.2. The fourth-order valence-corrected chi connectivity index (χ4v) is 27.7. The summed E-state index contributed by atoms with van der Waals surface area (Å²) in [7, 11) is 0. The summed E-state index contributed by atoms with van der Waals surface area (Å²) in [6.07, 6.45) is 0. The van der Waals surface area contributed by atoms with Gasteiger partial charge < -0.3 is 0 Å². The van der Waals surface area contributed by atoms with E-state index in [9.17, 15) is 0 Å². The first-order valence-electron chi connectivity index (χ1n) is 19.9. The zero-order valence-electron chi connectivity index (χ0n) is 36.2. The second-order valence-electron chi connectivity index (χ2n) is 19.1. The molecule has 0 aliphatic carbocycles. The van der Waals surface area contributed by atoms with E-state index in [4.69, 9.17) is 0 Å². The van der Waals surface area contributed by atoms with Crippen LogP contribution in [0.25, 0.3) is 0 Å². The third kappa shape index (κ3) is 11.6. The molecule has 0 saturated carbocycles. The number of alkyl halides is 3. The SMILES string of the molecule is CC(C)=C(C(C)C)C(C(=C(C)C)C(C)C)I(C(C(C(C)C)C(C)C)C(C(C)C)C(C)C)C(C(C(C)C)C(C)C)C(C(C)C)C(C)C. The summed E-state index contributed by atoms with van der Waals surface area (Å²) in [6.45, 7) is 61.5. The van der Waals surface area contributed by atoms with Crippen LogP contribution in [-0.4, -0.2) is 11.8 Å². The molecule has 0 unspecified atom stereocenters. The van der Waals surface area contributed by atoms with Gasteiger partial charge in [-0.2, -0.15) is 0 Å². The summed E-state index contributed by atoms with van der Waals surface area (Å²) >= 11 is -2.01. The Morgan fingerprint density at radius 2 is 0.478 bits per heavy atom. The zero-order valence-corrected chi connectivity index (χ0v) is 38.4. The summed E-state index contributed by atoms with van der Waals surface area (Å²) in [5, 5.41) is 0. The van der Waals surface area contributed by atoms with Gasteiger partial charge in [-0.3, -0.25) is 0 Å². The van der Waals surface area contributed by atoms with Gasteiger partial charge in [-0.05, 0) is 0 Å². The molecule has 0 atom stereocenters. The molecule has 0 N–H and O–H groups in total. The summed E-state index contributed by atoms with van der Waals surface area (Å²) in [5.74, 6) is 9.53. The topological polar surface area (TPSA) is 0 Å². The Morgan fingerprint density at radius 3 is 0.587 bits per heavy atom. The van der Waals surface area contributed by atoms with Gasteiger partial charge in [0.05, 0.1) is 0 Å². The summed E-state index contributed by atoms with van der Waals surface area (Å²) in [5.41, 5.74) is 6.85. The molecule has 1 heteroatoms. The van der Waals surface area contributed by atoms with Crippen molar-refractivity contribution < 1.29 is 0 Å². The Morgan fingerprint density at radius 1 is 0.304 bits per heavy atom. The fraction of sp³-hybridized carbons (Fsp3) is 0.911. The van der Waals surface area contributed by atoms with Crippen molar-refractivity contribution in [3.05, 3.63) is 22.3 Å². The maximum atomic E-state index is 2.59. The number of allylic oxidation sites excluding steroid dienone is 4. The molecule has 0 bridgehead atoms. The molecule has 0 spiro atoms. The molecule has 0 aromatic rings. The molecule has 46 heavy (non-hydrogen) atoms. The molecule has 0 amide bonds. The molecule has 0 saturated heterocycles. The van der Waals surface area contributed by atoms with Crippen LogP contribution in [0.2, 0.25) is 0 Å². The van der Waals surface area contributed by atoms with E-state index in [1.54, 1.807) is 11.1 Å². The normalized spacial score (nSPS) is 13.9. The van der Waals surface area contributed by atoms with Gasteiger partial charge in [-0.15, -0.1) is 0 Å². The van der Waals surface area contributed by atoms with Gasteiger partial charge in [-0.25, -0.2) is 0 Å². The van der Waals surface area contributed by atoms with Crippen LogP contribution in [0, 0.1) is 82.9 Å². The van der Waals surface area contributed by atoms with Crippen molar-refractivity contribution in [1.82, 2.24) is 0 Å². The number of rotatable bonds is 19. The molecule has 0 aromatic heterocycles. The van der Waals surface area contributed by atoms with Crippen molar-refractivity contribution in [1.29, 1.82) is 0 Å². The van der Waals surface area contributed by atoms with E-state index in [2.05, 4.69) is 166 Å². The van der Waals surface area contributed by atoms with Crippen LogP contribution < -0.4 is 0 Å². The van der Waals surface area contributed by atoms with E-state index < -0.39 is 19.8 Å². The number of hydrogen-bond acceptors (Lipinski definition) is 0. The van der Waals surface area contributed by atoms with E-state index in [1.165, 1.54) is 0 Å². The van der Waals surface area contributed by atoms with Crippen molar-refractivity contribution in [2.45, 2.75) is 178 Å². The molecular weight excluding hydrogens is 667 g/mol. The summed E-state index contributed by atoms with van der Waals surface area (Å²) in [6, 6.07) is 0. The molecule has 0 fully saturated rings. The average molecular weight is 757 g/mol. The van der Waals surface area contributed by atoms with Gasteiger partial charge in [0.2, 0.25) is 0 Å². The predicted molar refractivity (Wildman–Crippen MR) is 224 cm³/mol. The molecule has 0 aliphatic heterocycles. The van der Waals surface area contributed by atoms with Crippen LogP contribution in [0.5, 0.6) is 0 Å². The Hall–Kier alpha value is 0.210. The Labute approximate surface area is 301 Å². The van der Waals surface area contributed by atoms with Crippen LogP contribution in [0.15, 0.2) is 22.3 Å². The minimum atomic E-state index is -2.01. The van der Waals surface area contributed by atoms with E-state index in [1.807, 2.05) is 11.1 Å². The first-order valence-corrected chi connectivity index (χ1v) is 23.6. The second kappa shape index (κ2) is 20.2. The Kier molecular flexibility index (Phi) is 20.2. The van der Waals surface area contributed by atoms with E-state index in [0.717, 1.165) is 31.5 Å². The number of halogens is 1.